The monoisotopic (exact) mass is 385 g/mol. The normalized spacial score (nSPS) is 11.0. The molecule has 8 heteroatoms. The fourth-order valence-electron chi connectivity index (χ4n) is 2.78. The zero-order valence-electron chi connectivity index (χ0n) is 15.9. The number of aromatic nitrogens is 3. The second-order valence-electron chi connectivity index (χ2n) is 6.30. The van der Waals surface area contributed by atoms with Gasteiger partial charge >= 0.3 is 0 Å². The van der Waals surface area contributed by atoms with Crippen LogP contribution >= 0.6 is 11.3 Å². The standard InChI is InChI=1S/C19H23N5O2S/c1-12-6-5-7-14(23-12)10-20-17-15-13(2)16(27-18(15)22-11-21-17)19(25)24(3)8-9-26-4/h5-7,11H,8-10H2,1-4H3,(H,20,21,22). The maximum absolute atomic E-state index is 12.8. The number of nitrogens with zero attached hydrogens (tertiary/aromatic N) is 4. The minimum atomic E-state index is -0.0288. The van der Waals surface area contributed by atoms with E-state index in [9.17, 15) is 4.79 Å². The number of carbonyl (C=O) groups is 1. The zero-order valence-corrected chi connectivity index (χ0v) is 16.8. The SMILES string of the molecule is COCCN(C)C(=O)c1sc2ncnc(NCc3cccc(C)n3)c2c1C. The first-order valence-corrected chi connectivity index (χ1v) is 9.47. The lowest BCUT2D eigenvalue weighted by Gasteiger charge is -2.16. The second-order valence-corrected chi connectivity index (χ2v) is 7.30. The van der Waals surface area contributed by atoms with Crippen molar-refractivity contribution in [2.24, 2.45) is 0 Å². The third kappa shape index (κ3) is 4.23. The van der Waals surface area contributed by atoms with Gasteiger partial charge in [0.1, 0.15) is 17.0 Å². The van der Waals surface area contributed by atoms with Gasteiger partial charge in [-0.25, -0.2) is 9.97 Å². The molecule has 1 N–H and O–H groups in total. The number of aryl methyl sites for hydroxylation is 2. The Morgan fingerprint density at radius 2 is 2.11 bits per heavy atom. The Labute approximate surface area is 162 Å². The van der Waals surface area contributed by atoms with Gasteiger partial charge in [0.25, 0.3) is 5.91 Å². The molecule has 0 spiro atoms. The molecule has 0 saturated carbocycles. The van der Waals surface area contributed by atoms with Crippen LogP contribution in [0.5, 0.6) is 0 Å². The minimum absolute atomic E-state index is 0.0288. The Kier molecular flexibility index (Phi) is 5.98. The topological polar surface area (TPSA) is 80.2 Å². The maximum atomic E-state index is 12.8. The van der Waals surface area contributed by atoms with Crippen molar-refractivity contribution in [2.45, 2.75) is 20.4 Å². The first kappa shape index (κ1) is 19.2. The Bertz CT molecular complexity index is 956. The zero-order chi connectivity index (χ0) is 19.4. The molecule has 3 aromatic rings. The fraction of sp³-hybridized carbons (Fsp3) is 0.368. The van der Waals surface area contributed by atoms with Crippen LogP contribution in [-0.2, 0) is 11.3 Å². The Hall–Kier alpha value is -2.58. The molecule has 27 heavy (non-hydrogen) atoms. The lowest BCUT2D eigenvalue weighted by atomic mass is 10.2. The summed E-state index contributed by atoms with van der Waals surface area (Å²) in [5, 5.41) is 4.22. The van der Waals surface area contributed by atoms with Crippen LogP contribution in [-0.4, -0.2) is 53.1 Å². The molecule has 142 valence electrons. The number of methoxy groups -OCH3 is 1. The first-order chi connectivity index (χ1) is 13.0. The molecule has 1 amide bonds. The van der Waals surface area contributed by atoms with Crippen LogP contribution in [0.1, 0.15) is 26.6 Å². The van der Waals surface area contributed by atoms with Gasteiger partial charge < -0.3 is 15.0 Å². The van der Waals surface area contributed by atoms with Crippen molar-refractivity contribution >= 4 is 33.3 Å². The van der Waals surface area contributed by atoms with Gasteiger partial charge in [0, 0.05) is 26.4 Å². The van der Waals surface area contributed by atoms with E-state index in [1.54, 1.807) is 19.1 Å². The molecule has 0 radical (unpaired) electrons. The smallest absolute Gasteiger partial charge is 0.264 e. The number of ether oxygens (including phenoxy) is 1. The summed E-state index contributed by atoms with van der Waals surface area (Å²) < 4.78 is 5.06. The van der Waals surface area contributed by atoms with Gasteiger partial charge in [-0.05, 0) is 31.5 Å². The number of pyridine rings is 1. The van der Waals surface area contributed by atoms with Crippen molar-refractivity contribution in [3.05, 3.63) is 46.4 Å². The summed E-state index contributed by atoms with van der Waals surface area (Å²) in [5.41, 5.74) is 2.80. The second kappa shape index (κ2) is 8.41. The molecule has 0 aliphatic heterocycles. The summed E-state index contributed by atoms with van der Waals surface area (Å²) in [6, 6.07) is 5.92. The van der Waals surface area contributed by atoms with Crippen LogP contribution in [0, 0.1) is 13.8 Å². The van der Waals surface area contributed by atoms with Crippen LogP contribution in [0.2, 0.25) is 0 Å². The highest BCUT2D eigenvalue weighted by atomic mass is 32.1. The van der Waals surface area contributed by atoms with E-state index in [2.05, 4.69) is 20.3 Å². The largest absolute Gasteiger partial charge is 0.383 e. The van der Waals surface area contributed by atoms with Crippen LogP contribution in [0.3, 0.4) is 0 Å². The van der Waals surface area contributed by atoms with Crippen LogP contribution in [0.4, 0.5) is 5.82 Å². The molecule has 0 fully saturated rings. The number of amides is 1. The molecular weight excluding hydrogens is 362 g/mol. The van der Waals surface area contributed by atoms with Gasteiger partial charge in [-0.3, -0.25) is 9.78 Å². The van der Waals surface area contributed by atoms with Gasteiger partial charge in [0.2, 0.25) is 0 Å². The summed E-state index contributed by atoms with van der Waals surface area (Å²) in [5.74, 6) is 0.689. The van der Waals surface area contributed by atoms with Crippen LogP contribution in [0.25, 0.3) is 10.2 Å². The predicted molar refractivity (Wildman–Crippen MR) is 107 cm³/mol. The number of fused-ring (bicyclic) bond motifs is 1. The molecule has 3 heterocycles. The van der Waals surface area contributed by atoms with Crippen molar-refractivity contribution < 1.29 is 9.53 Å². The third-order valence-electron chi connectivity index (χ3n) is 4.28. The summed E-state index contributed by atoms with van der Waals surface area (Å²) in [7, 11) is 3.40. The Morgan fingerprint density at radius 3 is 2.85 bits per heavy atom. The number of likely N-dealkylation sites (N-methyl/N-ethyl adjacent to an activating group) is 1. The van der Waals surface area contributed by atoms with Gasteiger partial charge in [-0.1, -0.05) is 6.07 Å². The number of rotatable bonds is 7. The Morgan fingerprint density at radius 1 is 1.30 bits per heavy atom. The molecule has 7 nitrogen and oxygen atoms in total. The lowest BCUT2D eigenvalue weighted by molar-refractivity contribution is 0.0748. The first-order valence-electron chi connectivity index (χ1n) is 8.66. The van der Waals surface area contributed by atoms with Crippen molar-refractivity contribution in [2.75, 3.05) is 32.6 Å². The summed E-state index contributed by atoms with van der Waals surface area (Å²) in [4.78, 5) is 29.2. The fourth-order valence-corrected chi connectivity index (χ4v) is 3.93. The van der Waals surface area contributed by atoms with E-state index >= 15 is 0 Å². The van der Waals surface area contributed by atoms with Crippen LogP contribution < -0.4 is 5.32 Å². The van der Waals surface area contributed by atoms with Crippen molar-refractivity contribution in [3.63, 3.8) is 0 Å². The average Bonchev–Trinajstić information content (AvgIpc) is 3.01. The summed E-state index contributed by atoms with van der Waals surface area (Å²) in [6.45, 7) is 5.50. The third-order valence-corrected chi connectivity index (χ3v) is 5.47. The maximum Gasteiger partial charge on any atom is 0.264 e. The van der Waals surface area contributed by atoms with E-state index in [-0.39, 0.29) is 5.91 Å². The highest BCUT2D eigenvalue weighted by Gasteiger charge is 2.21. The van der Waals surface area contributed by atoms with Gasteiger partial charge in [-0.2, -0.15) is 0 Å². The van der Waals surface area contributed by atoms with Crippen molar-refractivity contribution in [3.8, 4) is 0 Å². The Balaban J connectivity index is 1.87. The lowest BCUT2D eigenvalue weighted by Crippen LogP contribution is -2.29. The number of carbonyl (C=O) groups excluding carboxylic acids is 1. The number of hydrogen-bond donors (Lipinski definition) is 1. The van der Waals surface area contributed by atoms with E-state index in [0.717, 1.165) is 33.0 Å². The van der Waals surface area contributed by atoms with Gasteiger partial charge in [0.15, 0.2) is 0 Å². The average molecular weight is 385 g/mol. The quantitative estimate of drug-likeness (QED) is 0.673. The molecule has 3 rings (SSSR count). The molecule has 0 bridgehead atoms. The molecule has 0 aliphatic carbocycles. The van der Waals surface area contributed by atoms with E-state index < -0.39 is 0 Å². The number of anilines is 1. The number of thiophene rings is 1. The molecule has 3 aromatic heterocycles. The molecule has 0 saturated heterocycles. The molecule has 0 atom stereocenters. The van der Waals surface area contributed by atoms with E-state index in [1.807, 2.05) is 32.0 Å². The van der Waals surface area contributed by atoms with E-state index in [4.69, 9.17) is 4.74 Å². The molecule has 0 aliphatic rings. The van der Waals surface area contributed by atoms with E-state index in [0.29, 0.717) is 24.6 Å². The summed E-state index contributed by atoms with van der Waals surface area (Å²) in [6.07, 6.45) is 1.52. The molecule has 0 aromatic carbocycles. The highest BCUT2D eigenvalue weighted by Crippen LogP contribution is 2.34. The highest BCUT2D eigenvalue weighted by molar-refractivity contribution is 7.20. The van der Waals surface area contributed by atoms with Gasteiger partial charge in [-0.15, -0.1) is 11.3 Å². The van der Waals surface area contributed by atoms with Crippen LogP contribution in [0.15, 0.2) is 24.5 Å². The molecule has 0 unspecified atom stereocenters. The van der Waals surface area contributed by atoms with Gasteiger partial charge in [0.05, 0.1) is 29.1 Å². The minimum Gasteiger partial charge on any atom is -0.383 e. The van der Waals surface area contributed by atoms with Crippen molar-refractivity contribution in [1.29, 1.82) is 0 Å². The summed E-state index contributed by atoms with van der Waals surface area (Å²) >= 11 is 1.39. The number of nitrogens with one attached hydrogen (secondary N) is 1. The number of hydrogen-bond acceptors (Lipinski definition) is 7. The van der Waals surface area contributed by atoms with E-state index in [1.165, 1.54) is 17.7 Å². The predicted octanol–water partition coefficient (Wildman–Crippen LogP) is 3.03. The van der Waals surface area contributed by atoms with Crippen molar-refractivity contribution in [1.82, 2.24) is 19.9 Å². The molecular formula is C19H23N5O2S.